The van der Waals surface area contributed by atoms with Crippen LogP contribution in [0.3, 0.4) is 0 Å². The molecule has 0 bridgehead atoms. The number of nitrogens with two attached hydrogens (primary N) is 1. The highest BCUT2D eigenvalue weighted by Gasteiger charge is 2.32. The second-order valence-electron chi connectivity index (χ2n) is 13.4. The van der Waals surface area contributed by atoms with Gasteiger partial charge in [-0.2, -0.15) is 0 Å². The summed E-state index contributed by atoms with van der Waals surface area (Å²) in [6.07, 6.45) is 14.7. The summed E-state index contributed by atoms with van der Waals surface area (Å²) in [7, 11) is 0. The van der Waals surface area contributed by atoms with Crippen molar-refractivity contribution in [3.05, 3.63) is 35.9 Å². The van der Waals surface area contributed by atoms with Gasteiger partial charge in [0.25, 0.3) is 0 Å². The molecule has 9 nitrogen and oxygen atoms in total. The first-order valence-corrected chi connectivity index (χ1v) is 17.7. The molecule has 1 rings (SSSR count). The number of nitrogens with zero attached hydrogens (tertiary/aromatic N) is 1. The molecule has 1 aromatic carbocycles. The van der Waals surface area contributed by atoms with Crippen molar-refractivity contribution in [1.29, 1.82) is 0 Å². The van der Waals surface area contributed by atoms with Crippen molar-refractivity contribution >= 4 is 23.9 Å². The fraction of sp³-hybridized carbons (Fsp3) is 0.730. The van der Waals surface area contributed by atoms with E-state index in [2.05, 4.69) is 12.2 Å². The first-order valence-electron chi connectivity index (χ1n) is 17.7. The Morgan fingerprint density at radius 2 is 1.39 bits per heavy atom. The fourth-order valence-corrected chi connectivity index (χ4v) is 5.53. The molecule has 0 radical (unpaired) electrons. The molecule has 46 heavy (non-hydrogen) atoms. The fourth-order valence-electron chi connectivity index (χ4n) is 5.53. The quantitative estimate of drug-likeness (QED) is 0.0820. The third-order valence-corrected chi connectivity index (χ3v) is 7.87. The molecule has 0 heterocycles. The van der Waals surface area contributed by atoms with Crippen LogP contribution in [0.15, 0.2) is 30.3 Å². The molecule has 9 heteroatoms. The van der Waals surface area contributed by atoms with E-state index in [0.29, 0.717) is 25.8 Å². The molecule has 0 spiro atoms. The molecule has 0 saturated heterocycles. The lowest BCUT2D eigenvalue weighted by molar-refractivity contribution is -0.145. The van der Waals surface area contributed by atoms with Gasteiger partial charge in [-0.15, -0.1) is 0 Å². The highest BCUT2D eigenvalue weighted by molar-refractivity contribution is 5.86. The molecule has 262 valence electrons. The SMILES string of the molecule is CCCCCCCCCCCCC[C@@H](CC(N)=O)N(CCC)C(=O)[C@H](CCCC(=O)OCc1ccccc1)NC(=O)OC(C)(C)C. The number of benzene rings is 1. The highest BCUT2D eigenvalue weighted by Crippen LogP contribution is 2.20. The second kappa shape index (κ2) is 24.1. The summed E-state index contributed by atoms with van der Waals surface area (Å²) in [5, 5.41) is 2.74. The third-order valence-electron chi connectivity index (χ3n) is 7.87. The summed E-state index contributed by atoms with van der Waals surface area (Å²) >= 11 is 0. The van der Waals surface area contributed by atoms with E-state index >= 15 is 0 Å². The van der Waals surface area contributed by atoms with Gasteiger partial charge in [-0.25, -0.2) is 4.79 Å². The molecular weight excluding hydrogens is 582 g/mol. The number of carbonyl (C=O) groups excluding carboxylic acids is 4. The van der Waals surface area contributed by atoms with Crippen LogP contribution in [-0.2, 0) is 30.5 Å². The van der Waals surface area contributed by atoms with Gasteiger partial charge in [0.1, 0.15) is 18.2 Å². The van der Waals surface area contributed by atoms with Crippen molar-refractivity contribution in [2.45, 2.75) is 168 Å². The Bertz CT molecular complexity index is 995. The molecular formula is C37H63N3O6. The van der Waals surface area contributed by atoms with Gasteiger partial charge in [0.05, 0.1) is 0 Å². The largest absolute Gasteiger partial charge is 0.461 e. The van der Waals surface area contributed by atoms with Crippen LogP contribution in [0.4, 0.5) is 4.79 Å². The minimum absolute atomic E-state index is 0.0640. The van der Waals surface area contributed by atoms with Crippen molar-refractivity contribution in [1.82, 2.24) is 10.2 Å². The van der Waals surface area contributed by atoms with Crippen molar-refractivity contribution in [2.24, 2.45) is 5.73 Å². The van der Waals surface area contributed by atoms with E-state index in [9.17, 15) is 19.2 Å². The molecule has 0 saturated carbocycles. The molecule has 1 aromatic rings. The van der Waals surface area contributed by atoms with Gasteiger partial charge in [0.2, 0.25) is 11.8 Å². The predicted octanol–water partition coefficient (Wildman–Crippen LogP) is 7.98. The smallest absolute Gasteiger partial charge is 0.408 e. The Balaban J connectivity index is 2.82. The van der Waals surface area contributed by atoms with Gasteiger partial charge >= 0.3 is 12.1 Å². The number of alkyl carbamates (subject to hydrolysis) is 1. The summed E-state index contributed by atoms with van der Waals surface area (Å²) in [6, 6.07) is 8.15. The Hall–Kier alpha value is -3.10. The van der Waals surface area contributed by atoms with E-state index in [4.69, 9.17) is 15.2 Å². The molecule has 0 aliphatic rings. The van der Waals surface area contributed by atoms with E-state index < -0.39 is 23.6 Å². The Morgan fingerprint density at radius 1 is 0.804 bits per heavy atom. The highest BCUT2D eigenvalue weighted by atomic mass is 16.6. The maximum absolute atomic E-state index is 14.0. The molecule has 0 aliphatic heterocycles. The minimum Gasteiger partial charge on any atom is -0.461 e. The van der Waals surface area contributed by atoms with Gasteiger partial charge in [-0.1, -0.05) is 115 Å². The lowest BCUT2D eigenvalue weighted by Gasteiger charge is -2.34. The van der Waals surface area contributed by atoms with E-state index in [0.717, 1.165) is 24.8 Å². The predicted molar refractivity (Wildman–Crippen MR) is 184 cm³/mol. The summed E-state index contributed by atoms with van der Waals surface area (Å²) in [5.41, 5.74) is 5.80. The van der Waals surface area contributed by atoms with Crippen LogP contribution in [0.25, 0.3) is 0 Å². The van der Waals surface area contributed by atoms with Crippen molar-refractivity contribution in [3.63, 3.8) is 0 Å². The summed E-state index contributed by atoms with van der Waals surface area (Å²) in [6.45, 7) is 10.1. The van der Waals surface area contributed by atoms with Gasteiger partial charge in [0, 0.05) is 25.4 Å². The van der Waals surface area contributed by atoms with Crippen molar-refractivity contribution < 1.29 is 28.7 Å². The first kappa shape index (κ1) is 40.9. The normalized spacial score (nSPS) is 12.6. The molecule has 0 aliphatic carbocycles. The number of rotatable bonds is 25. The Morgan fingerprint density at radius 3 is 1.93 bits per heavy atom. The van der Waals surface area contributed by atoms with Crippen LogP contribution < -0.4 is 11.1 Å². The number of hydrogen-bond donors (Lipinski definition) is 2. The average Bonchev–Trinajstić information content (AvgIpc) is 2.99. The standard InChI is InChI=1S/C37H63N3O6/c1-6-8-9-10-11-12-13-14-15-16-20-24-31(28-33(38)41)40(27-7-2)35(43)32(39-36(44)46-37(3,4)5)25-21-26-34(42)45-29-30-22-18-17-19-23-30/h17-19,22-23,31-32H,6-16,20-21,24-29H2,1-5H3,(H2,38,41)(H,39,44)/t31-,32-/m0/s1. The van der Waals surface area contributed by atoms with Crippen LogP contribution in [-0.4, -0.2) is 53.0 Å². The van der Waals surface area contributed by atoms with Gasteiger partial charge in [-0.3, -0.25) is 14.4 Å². The maximum Gasteiger partial charge on any atom is 0.408 e. The topological polar surface area (TPSA) is 128 Å². The number of esters is 1. The van der Waals surface area contributed by atoms with Crippen molar-refractivity contribution in [3.8, 4) is 0 Å². The molecule has 2 atom stereocenters. The lowest BCUT2D eigenvalue weighted by Crippen LogP contribution is -2.53. The number of amides is 3. The number of primary amides is 1. The molecule has 3 amide bonds. The molecule has 0 fully saturated rings. The van der Waals surface area contributed by atoms with Crippen molar-refractivity contribution in [2.75, 3.05) is 6.54 Å². The summed E-state index contributed by atoms with van der Waals surface area (Å²) in [4.78, 5) is 53.1. The third kappa shape index (κ3) is 20.1. The molecule has 0 aromatic heterocycles. The van der Waals surface area contributed by atoms with Gasteiger partial charge in [0.15, 0.2) is 0 Å². The first-order chi connectivity index (χ1) is 22.0. The average molecular weight is 646 g/mol. The van der Waals surface area contributed by atoms with E-state index in [1.54, 1.807) is 25.7 Å². The van der Waals surface area contributed by atoms with E-state index in [-0.39, 0.29) is 43.8 Å². The molecule has 0 unspecified atom stereocenters. The minimum atomic E-state index is -0.920. The van der Waals surface area contributed by atoms with Crippen LogP contribution in [0, 0.1) is 0 Å². The van der Waals surface area contributed by atoms with E-state index in [1.165, 1.54) is 51.4 Å². The summed E-state index contributed by atoms with van der Waals surface area (Å²) < 4.78 is 10.8. The zero-order valence-corrected chi connectivity index (χ0v) is 29.5. The van der Waals surface area contributed by atoms with Crippen LogP contribution in [0.2, 0.25) is 0 Å². The van der Waals surface area contributed by atoms with E-state index in [1.807, 2.05) is 37.3 Å². The number of unbranched alkanes of at least 4 members (excludes halogenated alkanes) is 10. The Labute approximate surface area is 278 Å². The number of carbonyl (C=O) groups is 4. The van der Waals surface area contributed by atoms with Gasteiger partial charge in [-0.05, 0) is 52.0 Å². The van der Waals surface area contributed by atoms with Crippen LogP contribution in [0.5, 0.6) is 0 Å². The van der Waals surface area contributed by atoms with Crippen LogP contribution >= 0.6 is 0 Å². The summed E-state index contributed by atoms with van der Waals surface area (Å²) in [5.74, 6) is -1.12. The number of ether oxygens (including phenoxy) is 2. The zero-order valence-electron chi connectivity index (χ0n) is 29.5. The second-order valence-corrected chi connectivity index (χ2v) is 13.4. The Kier molecular flexibility index (Phi) is 21.5. The molecule has 3 N–H and O–H groups in total. The number of nitrogens with one attached hydrogen (secondary N) is 1. The monoisotopic (exact) mass is 645 g/mol. The number of hydrogen-bond acceptors (Lipinski definition) is 6. The van der Waals surface area contributed by atoms with Gasteiger partial charge < -0.3 is 25.4 Å². The lowest BCUT2D eigenvalue weighted by atomic mass is 9.99. The van der Waals surface area contributed by atoms with Crippen LogP contribution in [0.1, 0.15) is 149 Å². The maximum atomic E-state index is 14.0. The zero-order chi connectivity index (χ0) is 34.2.